The molecule has 0 aliphatic heterocycles. The third kappa shape index (κ3) is 2.41. The first-order valence-corrected chi connectivity index (χ1v) is 4.84. The van der Waals surface area contributed by atoms with Crippen molar-refractivity contribution in [3.05, 3.63) is 29.2 Å². The number of pyridine rings is 1. The number of thioether (sulfide) groups is 1. The second-order valence-corrected chi connectivity index (χ2v) is 4.65. The van der Waals surface area contributed by atoms with Gasteiger partial charge in [-0.25, -0.2) is 0 Å². The van der Waals surface area contributed by atoms with Crippen molar-refractivity contribution in [2.45, 2.75) is 30.9 Å². The fraction of sp³-hybridized carbons (Fsp3) is 0.444. The van der Waals surface area contributed by atoms with E-state index in [0.717, 1.165) is 15.3 Å². The molecule has 0 spiro atoms. The molecule has 1 aromatic rings. The summed E-state index contributed by atoms with van der Waals surface area (Å²) in [6.07, 6.45) is 1.56. The van der Waals surface area contributed by atoms with E-state index in [-0.39, 0.29) is 0 Å². The van der Waals surface area contributed by atoms with Gasteiger partial charge in [-0.1, -0.05) is 13.8 Å². The molecule has 0 radical (unpaired) electrons. The van der Waals surface area contributed by atoms with E-state index < -0.39 is 0 Å². The first kappa shape index (κ1) is 9.39. The van der Waals surface area contributed by atoms with Gasteiger partial charge < -0.3 is 5.21 Å². The Balaban J connectivity index is 2.82. The van der Waals surface area contributed by atoms with E-state index >= 15 is 0 Å². The van der Waals surface area contributed by atoms with Crippen LogP contribution in [0.2, 0.25) is 0 Å². The highest BCUT2D eigenvalue weighted by Crippen LogP contribution is 2.21. The number of rotatable bonds is 2. The average molecular weight is 183 g/mol. The van der Waals surface area contributed by atoms with Crippen LogP contribution in [0, 0.1) is 12.1 Å². The predicted octanol–water partition coefficient (Wildman–Crippen LogP) is 2.13. The Labute approximate surface area is 77.2 Å². The normalized spacial score (nSPS) is 10.7. The molecule has 1 heterocycles. The molecule has 12 heavy (non-hydrogen) atoms. The summed E-state index contributed by atoms with van der Waals surface area (Å²) >= 11 is 1.77. The summed E-state index contributed by atoms with van der Waals surface area (Å²) in [5.41, 5.74) is 0.751. The summed E-state index contributed by atoms with van der Waals surface area (Å²) in [6.45, 7) is 6.09. The van der Waals surface area contributed by atoms with Crippen LogP contribution < -0.4 is 4.73 Å². The van der Waals surface area contributed by atoms with Crippen LogP contribution in [0.4, 0.5) is 0 Å². The fourth-order valence-corrected chi connectivity index (χ4v) is 1.84. The second-order valence-electron chi connectivity index (χ2n) is 3.00. The van der Waals surface area contributed by atoms with Crippen molar-refractivity contribution < 1.29 is 4.73 Å². The van der Waals surface area contributed by atoms with E-state index in [1.165, 1.54) is 0 Å². The molecule has 66 valence electrons. The molecular weight excluding hydrogens is 170 g/mol. The summed E-state index contributed by atoms with van der Waals surface area (Å²) in [7, 11) is 0. The van der Waals surface area contributed by atoms with Gasteiger partial charge in [0.15, 0.2) is 11.9 Å². The molecule has 3 heteroatoms. The summed E-state index contributed by atoms with van der Waals surface area (Å²) < 4.78 is 0.879. The van der Waals surface area contributed by atoms with Gasteiger partial charge in [0.25, 0.3) is 0 Å². The molecule has 0 aliphatic carbocycles. The minimum absolute atomic E-state index is 0.562. The van der Waals surface area contributed by atoms with Gasteiger partial charge in [0, 0.05) is 29.2 Å². The Morgan fingerprint density at radius 3 is 2.67 bits per heavy atom. The van der Waals surface area contributed by atoms with Gasteiger partial charge in [-0.05, 0) is 0 Å². The quantitative estimate of drug-likeness (QED) is 0.399. The second kappa shape index (κ2) is 3.81. The Bertz CT molecular complexity index is 273. The van der Waals surface area contributed by atoms with E-state index in [0.29, 0.717) is 5.25 Å². The Morgan fingerprint density at radius 1 is 1.50 bits per heavy atom. The molecule has 0 aliphatic rings. The molecule has 2 nitrogen and oxygen atoms in total. The summed E-state index contributed by atoms with van der Waals surface area (Å²) in [6, 6.07) is 3.77. The zero-order chi connectivity index (χ0) is 9.14. The van der Waals surface area contributed by atoms with Crippen molar-refractivity contribution in [2.24, 2.45) is 0 Å². The first-order valence-electron chi connectivity index (χ1n) is 3.96. The summed E-state index contributed by atoms with van der Waals surface area (Å²) in [4.78, 5) is 1.16. The van der Waals surface area contributed by atoms with Gasteiger partial charge >= 0.3 is 0 Å². The van der Waals surface area contributed by atoms with E-state index in [1.54, 1.807) is 18.0 Å². The maximum Gasteiger partial charge on any atom is 0.190 e. The molecule has 0 fully saturated rings. The third-order valence-electron chi connectivity index (χ3n) is 1.44. The Kier molecular flexibility index (Phi) is 2.98. The highest BCUT2D eigenvalue weighted by atomic mass is 32.2. The lowest BCUT2D eigenvalue weighted by molar-refractivity contribution is -0.612. The van der Waals surface area contributed by atoms with Crippen LogP contribution in [0.5, 0.6) is 0 Å². The van der Waals surface area contributed by atoms with E-state index in [1.807, 2.05) is 19.1 Å². The molecule has 1 rings (SSSR count). The number of hydrogen-bond acceptors (Lipinski definition) is 2. The highest BCUT2D eigenvalue weighted by molar-refractivity contribution is 7.99. The van der Waals surface area contributed by atoms with Gasteiger partial charge in [-0.3, -0.25) is 0 Å². The zero-order valence-corrected chi connectivity index (χ0v) is 8.39. The van der Waals surface area contributed by atoms with Crippen LogP contribution in [-0.2, 0) is 0 Å². The number of aromatic nitrogens is 1. The standard InChI is InChI=1S/C9H13NOS/c1-7(2)12-9-4-5-10(11)8(3)6-9/h4-7H,1-3H3. The molecule has 0 atom stereocenters. The lowest BCUT2D eigenvalue weighted by Gasteiger charge is -2.05. The molecule has 0 saturated heterocycles. The van der Waals surface area contributed by atoms with Gasteiger partial charge in [-0.15, -0.1) is 11.8 Å². The van der Waals surface area contributed by atoms with Crippen LogP contribution in [0.25, 0.3) is 0 Å². The molecule has 0 saturated carbocycles. The van der Waals surface area contributed by atoms with Crippen molar-refractivity contribution >= 4 is 11.8 Å². The number of aryl methyl sites for hydroxylation is 1. The van der Waals surface area contributed by atoms with E-state index in [2.05, 4.69) is 13.8 Å². The van der Waals surface area contributed by atoms with Crippen molar-refractivity contribution in [1.29, 1.82) is 0 Å². The maximum absolute atomic E-state index is 11.0. The summed E-state index contributed by atoms with van der Waals surface area (Å²) in [5, 5.41) is 11.5. The van der Waals surface area contributed by atoms with Crippen molar-refractivity contribution in [2.75, 3.05) is 0 Å². The molecular formula is C9H13NOS. The molecule has 1 aromatic heterocycles. The first-order chi connectivity index (χ1) is 5.59. The Hall–Kier alpha value is -0.700. The lowest BCUT2D eigenvalue weighted by atomic mass is 10.4. The average Bonchev–Trinajstić information content (AvgIpc) is 1.96. The van der Waals surface area contributed by atoms with Crippen LogP contribution in [0.3, 0.4) is 0 Å². The Morgan fingerprint density at radius 2 is 2.17 bits per heavy atom. The van der Waals surface area contributed by atoms with Crippen LogP contribution in [0.15, 0.2) is 23.2 Å². The van der Waals surface area contributed by atoms with Crippen LogP contribution >= 0.6 is 11.8 Å². The van der Waals surface area contributed by atoms with Gasteiger partial charge in [0.2, 0.25) is 0 Å². The van der Waals surface area contributed by atoms with Crippen molar-refractivity contribution in [3.63, 3.8) is 0 Å². The number of nitrogens with zero attached hydrogens (tertiary/aromatic N) is 1. The SMILES string of the molecule is Cc1cc(SC(C)C)cc[n+]1[O-]. The van der Waals surface area contributed by atoms with E-state index in [4.69, 9.17) is 0 Å². The maximum atomic E-state index is 11.0. The summed E-state index contributed by atoms with van der Waals surface area (Å²) in [5.74, 6) is 0. The molecule has 0 aromatic carbocycles. The zero-order valence-electron chi connectivity index (χ0n) is 7.57. The largest absolute Gasteiger partial charge is 0.619 e. The van der Waals surface area contributed by atoms with Gasteiger partial charge in [0.05, 0.1) is 0 Å². The third-order valence-corrected chi connectivity index (χ3v) is 2.44. The molecule has 0 unspecified atom stereocenters. The minimum atomic E-state index is 0.562. The minimum Gasteiger partial charge on any atom is -0.619 e. The molecule has 0 N–H and O–H groups in total. The monoisotopic (exact) mass is 183 g/mol. The fourth-order valence-electron chi connectivity index (χ4n) is 0.922. The van der Waals surface area contributed by atoms with Crippen LogP contribution in [-0.4, -0.2) is 5.25 Å². The van der Waals surface area contributed by atoms with Crippen molar-refractivity contribution in [1.82, 2.24) is 0 Å². The van der Waals surface area contributed by atoms with Crippen molar-refractivity contribution in [3.8, 4) is 0 Å². The lowest BCUT2D eigenvalue weighted by Crippen LogP contribution is -2.28. The van der Waals surface area contributed by atoms with Gasteiger partial charge in [0.1, 0.15) is 0 Å². The predicted molar refractivity (Wildman–Crippen MR) is 51.1 cm³/mol. The van der Waals surface area contributed by atoms with E-state index in [9.17, 15) is 5.21 Å². The molecule has 0 bridgehead atoms. The highest BCUT2D eigenvalue weighted by Gasteiger charge is 2.02. The molecule has 0 amide bonds. The van der Waals surface area contributed by atoms with Gasteiger partial charge in [-0.2, -0.15) is 4.73 Å². The number of hydrogen-bond donors (Lipinski definition) is 0. The van der Waals surface area contributed by atoms with Crippen LogP contribution in [0.1, 0.15) is 19.5 Å². The smallest absolute Gasteiger partial charge is 0.190 e. The topological polar surface area (TPSA) is 26.9 Å².